The van der Waals surface area contributed by atoms with Gasteiger partial charge < -0.3 is 24.5 Å². The minimum Gasteiger partial charge on any atom is -0.472 e. The first-order valence-electron chi connectivity index (χ1n) is 11.3. The fraction of sp³-hybridized carbons (Fsp3) is 0.480. The van der Waals surface area contributed by atoms with E-state index >= 15 is 0 Å². The fourth-order valence-electron chi connectivity index (χ4n) is 3.93. The first kappa shape index (κ1) is 25.6. The van der Waals surface area contributed by atoms with E-state index in [1.807, 2.05) is 21.0 Å². The van der Waals surface area contributed by atoms with Crippen LogP contribution in [0.3, 0.4) is 0 Å². The van der Waals surface area contributed by atoms with Crippen LogP contribution in [-0.4, -0.2) is 96.1 Å². The molecule has 0 saturated carbocycles. The second kappa shape index (κ2) is 10.9. The number of likely N-dealkylation sites (N-methyl/N-ethyl adjacent to an activating group) is 2. The van der Waals surface area contributed by atoms with Crippen molar-refractivity contribution in [1.29, 1.82) is 0 Å². The number of pyridine rings is 1. The molecule has 0 fully saturated rings. The van der Waals surface area contributed by atoms with E-state index in [9.17, 15) is 19.1 Å². The number of nitrogens with zero attached hydrogens (tertiary/aromatic N) is 4. The predicted molar refractivity (Wildman–Crippen MR) is 127 cm³/mol. The van der Waals surface area contributed by atoms with E-state index < -0.39 is 18.0 Å². The van der Waals surface area contributed by atoms with Gasteiger partial charge in [0.1, 0.15) is 17.5 Å². The van der Waals surface area contributed by atoms with Crippen LogP contribution in [-0.2, 0) is 4.79 Å². The van der Waals surface area contributed by atoms with Crippen molar-refractivity contribution in [3.63, 3.8) is 0 Å². The van der Waals surface area contributed by atoms with E-state index in [4.69, 9.17) is 4.74 Å². The van der Waals surface area contributed by atoms with Gasteiger partial charge in [-0.15, -0.1) is 0 Å². The SMILES string of the molecule is C[C@@H]1CN([C@H](C)CO)C(=O)c2cc(-c3ccccc3F)cnc2O[C@H]1CN(C)C(=O)CN(C)C. The van der Waals surface area contributed by atoms with E-state index in [0.29, 0.717) is 24.2 Å². The summed E-state index contributed by atoms with van der Waals surface area (Å²) in [7, 11) is 5.37. The van der Waals surface area contributed by atoms with Crippen molar-refractivity contribution in [1.82, 2.24) is 19.7 Å². The first-order valence-corrected chi connectivity index (χ1v) is 11.3. The molecule has 2 amide bonds. The molecule has 0 aliphatic carbocycles. The summed E-state index contributed by atoms with van der Waals surface area (Å²) in [6, 6.07) is 7.42. The summed E-state index contributed by atoms with van der Waals surface area (Å²) in [5, 5.41) is 9.79. The number of aliphatic hydroxyl groups is 1. The van der Waals surface area contributed by atoms with Crippen LogP contribution >= 0.6 is 0 Å². The van der Waals surface area contributed by atoms with Crippen molar-refractivity contribution in [2.75, 3.05) is 47.4 Å². The zero-order valence-electron chi connectivity index (χ0n) is 20.4. The van der Waals surface area contributed by atoms with Gasteiger partial charge in [-0.25, -0.2) is 9.37 Å². The number of halogens is 1. The van der Waals surface area contributed by atoms with E-state index in [0.717, 1.165) is 0 Å². The molecule has 0 saturated heterocycles. The third kappa shape index (κ3) is 5.71. The van der Waals surface area contributed by atoms with Gasteiger partial charge in [0.2, 0.25) is 11.8 Å². The number of hydrogen-bond acceptors (Lipinski definition) is 6. The Morgan fingerprint density at radius 3 is 2.65 bits per heavy atom. The number of hydrogen-bond donors (Lipinski definition) is 1. The minimum absolute atomic E-state index is 0.0531. The van der Waals surface area contributed by atoms with Crippen LogP contribution in [0.15, 0.2) is 36.5 Å². The lowest BCUT2D eigenvalue weighted by molar-refractivity contribution is -0.132. The second-order valence-corrected chi connectivity index (χ2v) is 9.19. The third-order valence-electron chi connectivity index (χ3n) is 6.04. The van der Waals surface area contributed by atoms with E-state index in [1.54, 1.807) is 52.9 Å². The summed E-state index contributed by atoms with van der Waals surface area (Å²) in [5.74, 6) is -0.831. The van der Waals surface area contributed by atoms with Crippen molar-refractivity contribution in [2.45, 2.75) is 26.0 Å². The van der Waals surface area contributed by atoms with E-state index in [2.05, 4.69) is 4.98 Å². The third-order valence-corrected chi connectivity index (χ3v) is 6.04. The van der Waals surface area contributed by atoms with E-state index in [1.165, 1.54) is 12.3 Å². The molecule has 0 unspecified atom stereocenters. The highest BCUT2D eigenvalue weighted by atomic mass is 19.1. The Morgan fingerprint density at radius 1 is 1.29 bits per heavy atom. The zero-order chi connectivity index (χ0) is 25.0. The Balaban J connectivity index is 2.00. The van der Waals surface area contributed by atoms with Gasteiger partial charge in [-0.05, 0) is 33.2 Å². The maximum absolute atomic E-state index is 14.4. The molecule has 1 aliphatic rings. The van der Waals surface area contributed by atoms with Crippen LogP contribution in [0.2, 0.25) is 0 Å². The number of ether oxygens (including phenoxy) is 1. The van der Waals surface area contributed by atoms with Gasteiger partial charge in [0, 0.05) is 36.8 Å². The fourth-order valence-corrected chi connectivity index (χ4v) is 3.93. The molecule has 1 aromatic carbocycles. The molecule has 34 heavy (non-hydrogen) atoms. The molecule has 0 spiro atoms. The Kier molecular flexibility index (Phi) is 8.22. The maximum Gasteiger partial charge on any atom is 0.259 e. The number of benzene rings is 1. The standard InChI is InChI=1S/C25H33FN4O4/c1-16-12-30(17(2)15-31)25(33)20-10-18(19-8-6-7-9-21(19)26)11-27-24(20)34-22(16)13-29(5)23(32)14-28(3)4/h6-11,16-17,22,31H,12-15H2,1-5H3/t16-,17-,22+/m1/s1. The molecular weight excluding hydrogens is 439 g/mol. The van der Waals surface area contributed by atoms with Crippen LogP contribution in [0, 0.1) is 11.7 Å². The number of fused-ring (bicyclic) bond motifs is 1. The van der Waals surface area contributed by atoms with Crippen LogP contribution < -0.4 is 4.74 Å². The molecule has 3 rings (SSSR count). The minimum atomic E-state index is -0.442. The van der Waals surface area contributed by atoms with Crippen molar-refractivity contribution in [3.8, 4) is 17.0 Å². The van der Waals surface area contributed by atoms with Crippen LogP contribution in [0.4, 0.5) is 4.39 Å². The summed E-state index contributed by atoms with van der Waals surface area (Å²) in [6.07, 6.45) is 1.04. The average Bonchev–Trinajstić information content (AvgIpc) is 2.80. The highest BCUT2D eigenvalue weighted by molar-refractivity contribution is 5.98. The smallest absolute Gasteiger partial charge is 0.259 e. The molecule has 0 radical (unpaired) electrons. The number of aliphatic hydroxyl groups excluding tert-OH is 1. The topological polar surface area (TPSA) is 86.2 Å². The average molecular weight is 473 g/mol. The van der Waals surface area contributed by atoms with Gasteiger partial charge in [-0.1, -0.05) is 25.1 Å². The van der Waals surface area contributed by atoms with Gasteiger partial charge in [-0.2, -0.15) is 0 Å². The molecule has 184 valence electrons. The molecule has 8 nitrogen and oxygen atoms in total. The van der Waals surface area contributed by atoms with Gasteiger partial charge in [0.05, 0.1) is 25.7 Å². The molecule has 0 bridgehead atoms. The van der Waals surface area contributed by atoms with Crippen LogP contribution in [0.1, 0.15) is 24.2 Å². The summed E-state index contributed by atoms with van der Waals surface area (Å²) in [6.45, 7) is 4.40. The molecule has 2 heterocycles. The van der Waals surface area contributed by atoms with Crippen LogP contribution in [0.25, 0.3) is 11.1 Å². The van der Waals surface area contributed by atoms with Crippen LogP contribution in [0.5, 0.6) is 5.88 Å². The summed E-state index contributed by atoms with van der Waals surface area (Å²) < 4.78 is 20.6. The lowest BCUT2D eigenvalue weighted by Gasteiger charge is -2.37. The zero-order valence-corrected chi connectivity index (χ0v) is 20.4. The Morgan fingerprint density at radius 2 is 2.00 bits per heavy atom. The number of aromatic nitrogens is 1. The summed E-state index contributed by atoms with van der Waals surface area (Å²) in [5.41, 5.74) is 0.974. The van der Waals surface area contributed by atoms with Gasteiger partial charge in [0.25, 0.3) is 5.91 Å². The number of carbonyl (C=O) groups is 2. The van der Waals surface area contributed by atoms with Crippen molar-refractivity contribution >= 4 is 11.8 Å². The highest BCUT2D eigenvalue weighted by Gasteiger charge is 2.35. The number of carbonyl (C=O) groups excluding carboxylic acids is 2. The molecule has 3 atom stereocenters. The lowest BCUT2D eigenvalue weighted by Crippen LogP contribution is -2.51. The van der Waals surface area contributed by atoms with E-state index in [-0.39, 0.29) is 42.3 Å². The number of amides is 2. The highest BCUT2D eigenvalue weighted by Crippen LogP contribution is 2.31. The second-order valence-electron chi connectivity index (χ2n) is 9.19. The molecular formula is C25H33FN4O4. The summed E-state index contributed by atoms with van der Waals surface area (Å²) in [4.78, 5) is 35.4. The molecule has 2 aromatic rings. The molecule has 1 aliphatic heterocycles. The van der Waals surface area contributed by atoms with Gasteiger partial charge in [-0.3, -0.25) is 9.59 Å². The Bertz CT molecular complexity index is 1030. The summed E-state index contributed by atoms with van der Waals surface area (Å²) >= 11 is 0. The first-order chi connectivity index (χ1) is 16.1. The molecule has 1 N–H and O–H groups in total. The van der Waals surface area contributed by atoms with Crippen molar-refractivity contribution < 1.29 is 23.8 Å². The molecule has 1 aromatic heterocycles. The van der Waals surface area contributed by atoms with Crippen molar-refractivity contribution in [3.05, 3.63) is 47.9 Å². The monoisotopic (exact) mass is 472 g/mol. The predicted octanol–water partition coefficient (Wildman–Crippen LogP) is 2.13. The Hall–Kier alpha value is -3.04. The molecule has 9 heteroatoms. The Labute approximate surface area is 199 Å². The maximum atomic E-state index is 14.4. The number of rotatable bonds is 7. The van der Waals surface area contributed by atoms with Crippen molar-refractivity contribution in [2.24, 2.45) is 5.92 Å². The van der Waals surface area contributed by atoms with Gasteiger partial charge >= 0.3 is 0 Å². The largest absolute Gasteiger partial charge is 0.472 e. The van der Waals surface area contributed by atoms with Gasteiger partial charge in [0.15, 0.2) is 0 Å². The lowest BCUT2D eigenvalue weighted by atomic mass is 9.99. The normalized spacial score (nSPS) is 19.2. The quantitative estimate of drug-likeness (QED) is 0.665.